The minimum Gasteiger partial charge on any atom is -0.406 e. The van der Waals surface area contributed by atoms with E-state index in [1.165, 1.54) is 4.57 Å². The fourth-order valence-electron chi connectivity index (χ4n) is 3.44. The number of hydroxylamine groups is 1. The van der Waals surface area contributed by atoms with Crippen LogP contribution in [0.3, 0.4) is 0 Å². The molecule has 0 aliphatic carbocycles. The molecule has 0 fully saturated rings. The summed E-state index contributed by atoms with van der Waals surface area (Å²) in [5.41, 5.74) is 5.19. The third kappa shape index (κ3) is 5.07. The largest absolute Gasteiger partial charge is 0.602 e. The van der Waals surface area contributed by atoms with Gasteiger partial charge in [-0.15, -0.1) is 0 Å². The van der Waals surface area contributed by atoms with Crippen molar-refractivity contribution in [3.05, 3.63) is 84.4 Å². The highest BCUT2D eigenvalue weighted by atomic mass is 16.6. The van der Waals surface area contributed by atoms with E-state index in [4.69, 9.17) is 9.94 Å². The Balaban J connectivity index is 1.52. The van der Waals surface area contributed by atoms with E-state index in [1.807, 2.05) is 61.9 Å². The van der Waals surface area contributed by atoms with E-state index >= 15 is 0 Å². The Morgan fingerprint density at radius 2 is 1.76 bits per heavy atom. The van der Waals surface area contributed by atoms with Crippen molar-refractivity contribution < 1.29 is 24.1 Å². The summed E-state index contributed by atoms with van der Waals surface area (Å²) in [5, 5.41) is 9.73. The number of hydrogen-bond acceptors (Lipinski definition) is 5. The predicted octanol–water partition coefficient (Wildman–Crippen LogP) is 3.94. The molecule has 4 aromatic rings. The van der Waals surface area contributed by atoms with Crippen LogP contribution in [-0.4, -0.2) is 32.4 Å². The number of nitrogens with one attached hydrogen (secondary N) is 1. The first kappa shape index (κ1) is 22.2. The molecule has 0 saturated carbocycles. The van der Waals surface area contributed by atoms with Crippen LogP contribution in [0, 0.1) is 0 Å². The zero-order valence-corrected chi connectivity index (χ0v) is 18.6. The van der Waals surface area contributed by atoms with Crippen LogP contribution in [0.5, 0.6) is 0 Å². The van der Waals surface area contributed by atoms with Crippen LogP contribution in [0.15, 0.2) is 73.3 Å². The standard InChI is InChI=1S/C25H24N4O4/c1-25(2,3)33-24(31)28-11-8-18(9-12-28)21-14-20-10-13-29(22(20)26-15-21)16-17-4-6-19(7-5-17)23(30)27-32/h4-15H,16H2,1-3H3,(H-,27,30,32)/p+1. The number of carbonyl (C=O) groups excluding carboxylic acids is 2. The molecule has 0 atom stereocenters. The second-order valence-corrected chi connectivity index (χ2v) is 8.69. The van der Waals surface area contributed by atoms with E-state index in [0.29, 0.717) is 12.1 Å². The van der Waals surface area contributed by atoms with Gasteiger partial charge in [0.25, 0.3) is 5.91 Å². The molecule has 8 heteroatoms. The number of hydrogen-bond donors (Lipinski definition) is 2. The second kappa shape index (κ2) is 8.84. The van der Waals surface area contributed by atoms with Crippen LogP contribution < -0.4 is 10.0 Å². The Morgan fingerprint density at radius 3 is 2.39 bits per heavy atom. The molecule has 4 rings (SSSR count). The highest BCUT2D eigenvalue weighted by Gasteiger charge is 2.24. The highest BCUT2D eigenvalue weighted by Crippen LogP contribution is 2.23. The Kier molecular flexibility index (Phi) is 5.93. The molecule has 8 nitrogen and oxygen atoms in total. The lowest BCUT2D eigenvalue weighted by Crippen LogP contribution is -2.45. The smallest absolute Gasteiger partial charge is 0.406 e. The summed E-state index contributed by atoms with van der Waals surface area (Å²) in [6.45, 7) is 6.09. The number of benzene rings is 1. The number of amides is 1. The Labute approximate surface area is 191 Å². The minimum atomic E-state index is -0.555. The molecular formula is C25H25N4O4+. The molecule has 0 bridgehead atoms. The summed E-state index contributed by atoms with van der Waals surface area (Å²) >= 11 is 0. The van der Waals surface area contributed by atoms with Crippen molar-refractivity contribution in [2.45, 2.75) is 32.9 Å². The zero-order chi connectivity index (χ0) is 23.6. The van der Waals surface area contributed by atoms with Gasteiger partial charge in [-0.05, 0) is 56.2 Å². The molecule has 1 amide bonds. The minimum absolute atomic E-state index is 0.386. The number of pyridine rings is 2. The van der Waals surface area contributed by atoms with E-state index in [1.54, 1.807) is 36.2 Å². The number of nitrogens with zero attached hydrogens (tertiary/aromatic N) is 3. The van der Waals surface area contributed by atoms with Gasteiger partial charge in [0.15, 0.2) is 12.4 Å². The Morgan fingerprint density at radius 1 is 1.06 bits per heavy atom. The summed E-state index contributed by atoms with van der Waals surface area (Å²) in [6, 6.07) is 14.8. The van der Waals surface area contributed by atoms with Crippen molar-refractivity contribution in [2.24, 2.45) is 0 Å². The summed E-state index contributed by atoms with van der Waals surface area (Å²) < 4.78 is 8.82. The van der Waals surface area contributed by atoms with Gasteiger partial charge in [0.1, 0.15) is 11.2 Å². The maximum atomic E-state index is 12.2. The molecule has 3 aromatic heterocycles. The summed E-state index contributed by atoms with van der Waals surface area (Å²) in [6.07, 6.45) is 6.71. The van der Waals surface area contributed by atoms with Crippen LogP contribution in [0.2, 0.25) is 0 Å². The third-order valence-electron chi connectivity index (χ3n) is 5.04. The lowest BCUT2D eigenvalue weighted by Gasteiger charge is -2.15. The molecule has 33 heavy (non-hydrogen) atoms. The monoisotopic (exact) mass is 445 g/mol. The van der Waals surface area contributed by atoms with Gasteiger partial charge in [-0.25, -0.2) is 10.5 Å². The van der Waals surface area contributed by atoms with Crippen molar-refractivity contribution in [3.8, 4) is 11.1 Å². The average molecular weight is 445 g/mol. The van der Waals surface area contributed by atoms with Crippen LogP contribution in [0.1, 0.15) is 36.7 Å². The number of aromatic nitrogens is 3. The lowest BCUT2D eigenvalue weighted by atomic mass is 10.1. The van der Waals surface area contributed by atoms with Gasteiger partial charge in [0.05, 0.1) is 0 Å². The molecule has 3 heterocycles. The summed E-state index contributed by atoms with van der Waals surface area (Å²) in [5.74, 6) is -0.542. The van der Waals surface area contributed by atoms with Gasteiger partial charge >= 0.3 is 6.09 Å². The number of rotatable bonds is 4. The van der Waals surface area contributed by atoms with Crippen molar-refractivity contribution in [1.29, 1.82) is 0 Å². The first-order valence-corrected chi connectivity index (χ1v) is 10.5. The normalized spacial score (nSPS) is 11.4. The average Bonchev–Trinajstić information content (AvgIpc) is 3.20. The van der Waals surface area contributed by atoms with Crippen LogP contribution in [-0.2, 0) is 11.3 Å². The predicted molar refractivity (Wildman–Crippen MR) is 122 cm³/mol. The quantitative estimate of drug-likeness (QED) is 0.282. The first-order chi connectivity index (χ1) is 15.7. The van der Waals surface area contributed by atoms with Crippen LogP contribution in [0.4, 0.5) is 4.79 Å². The Hall–Kier alpha value is -4.04. The Bertz CT molecular complexity index is 1300. The van der Waals surface area contributed by atoms with E-state index < -0.39 is 17.6 Å². The molecule has 0 saturated heterocycles. The molecule has 168 valence electrons. The SMILES string of the molecule is CC(C)(C)OC(=O)[n+]1ccc(-c2cnc3c(ccn3Cc3ccc(C(=O)NO)cc3)c2)cc1. The first-order valence-electron chi connectivity index (χ1n) is 10.5. The van der Waals surface area contributed by atoms with Crippen molar-refractivity contribution in [2.75, 3.05) is 0 Å². The van der Waals surface area contributed by atoms with Crippen LogP contribution in [0.25, 0.3) is 22.2 Å². The molecule has 0 aliphatic heterocycles. The van der Waals surface area contributed by atoms with Gasteiger partial charge in [0.2, 0.25) is 0 Å². The number of ether oxygens (including phenoxy) is 1. The zero-order valence-electron chi connectivity index (χ0n) is 18.6. The fraction of sp³-hybridized carbons (Fsp3) is 0.200. The molecule has 0 spiro atoms. The maximum absolute atomic E-state index is 12.2. The summed E-state index contributed by atoms with van der Waals surface area (Å²) in [4.78, 5) is 28.3. The molecule has 1 aromatic carbocycles. The van der Waals surface area contributed by atoms with Gasteiger partial charge in [-0.1, -0.05) is 16.7 Å². The maximum Gasteiger partial charge on any atom is 0.602 e. The van der Waals surface area contributed by atoms with Crippen molar-refractivity contribution in [1.82, 2.24) is 15.0 Å². The number of fused-ring (bicyclic) bond motifs is 1. The van der Waals surface area contributed by atoms with Crippen molar-refractivity contribution in [3.63, 3.8) is 0 Å². The highest BCUT2D eigenvalue weighted by molar-refractivity contribution is 5.93. The molecule has 2 N–H and O–H groups in total. The van der Waals surface area contributed by atoms with Crippen LogP contribution >= 0.6 is 0 Å². The summed E-state index contributed by atoms with van der Waals surface area (Å²) in [7, 11) is 0. The molecular weight excluding hydrogens is 420 g/mol. The van der Waals surface area contributed by atoms with Gasteiger partial charge in [-0.2, -0.15) is 4.79 Å². The van der Waals surface area contributed by atoms with Crippen molar-refractivity contribution >= 4 is 23.0 Å². The second-order valence-electron chi connectivity index (χ2n) is 8.69. The molecule has 0 aliphatic rings. The topological polar surface area (TPSA) is 97.3 Å². The van der Waals surface area contributed by atoms with Gasteiger partial charge in [-0.3, -0.25) is 10.0 Å². The van der Waals surface area contributed by atoms with Gasteiger partial charge < -0.3 is 9.30 Å². The van der Waals surface area contributed by atoms with E-state index in [-0.39, 0.29) is 0 Å². The molecule has 0 radical (unpaired) electrons. The molecule has 0 unspecified atom stereocenters. The van der Waals surface area contributed by atoms with E-state index in [9.17, 15) is 9.59 Å². The number of carbonyl (C=O) groups is 2. The van der Waals surface area contributed by atoms with E-state index in [0.717, 1.165) is 27.7 Å². The van der Waals surface area contributed by atoms with E-state index in [2.05, 4.69) is 11.1 Å². The third-order valence-corrected chi connectivity index (χ3v) is 5.04. The van der Waals surface area contributed by atoms with Gasteiger partial charge in [0, 0.05) is 47.6 Å². The lowest BCUT2D eigenvalue weighted by molar-refractivity contribution is -0.588. The fourth-order valence-corrected chi connectivity index (χ4v) is 3.44.